The number of nitrogens with zero attached hydrogens (tertiary/aromatic N) is 1. The van der Waals surface area contributed by atoms with Crippen molar-refractivity contribution in [1.29, 1.82) is 0 Å². The van der Waals surface area contributed by atoms with Gasteiger partial charge >= 0.3 is 6.18 Å². The fourth-order valence-electron chi connectivity index (χ4n) is 1.88. The zero-order valence-corrected chi connectivity index (χ0v) is 13.3. The quantitative estimate of drug-likeness (QED) is 0.367. The molecule has 2 rings (SSSR count). The lowest BCUT2D eigenvalue weighted by molar-refractivity contribution is -0.136. The molecule has 0 aliphatic heterocycles. The number of thiocarbonyl (C=S) groups is 1. The van der Waals surface area contributed by atoms with E-state index in [0.717, 1.165) is 6.07 Å². The summed E-state index contributed by atoms with van der Waals surface area (Å²) in [6, 6.07) is 10.6. The van der Waals surface area contributed by atoms with Crippen molar-refractivity contribution in [2.24, 2.45) is 5.10 Å². The van der Waals surface area contributed by atoms with E-state index in [1.807, 2.05) is 0 Å². The van der Waals surface area contributed by atoms with Crippen LogP contribution in [-0.2, 0) is 6.18 Å². The zero-order valence-electron chi connectivity index (χ0n) is 12.5. The molecule has 0 heterocycles. The van der Waals surface area contributed by atoms with Crippen LogP contribution in [0.25, 0.3) is 0 Å². The van der Waals surface area contributed by atoms with E-state index in [1.165, 1.54) is 42.5 Å². The minimum atomic E-state index is -4.49. The van der Waals surface area contributed by atoms with Crippen molar-refractivity contribution in [3.63, 3.8) is 0 Å². The summed E-state index contributed by atoms with van der Waals surface area (Å²) in [5.74, 6) is -0.375. The number of hydrazone groups is 1. The van der Waals surface area contributed by atoms with Crippen LogP contribution < -0.4 is 10.7 Å². The molecule has 0 bridgehead atoms. The van der Waals surface area contributed by atoms with E-state index in [9.17, 15) is 17.6 Å². The van der Waals surface area contributed by atoms with Crippen molar-refractivity contribution >= 4 is 28.7 Å². The van der Waals surface area contributed by atoms with Crippen LogP contribution >= 0.6 is 12.2 Å². The second-order valence-corrected chi connectivity index (χ2v) is 5.22. The number of halogens is 4. The molecule has 24 heavy (non-hydrogen) atoms. The van der Waals surface area contributed by atoms with Gasteiger partial charge in [-0.25, -0.2) is 4.39 Å². The van der Waals surface area contributed by atoms with Crippen LogP contribution in [-0.4, -0.2) is 10.8 Å². The number of para-hydroxylation sites is 1. The molecule has 0 atom stereocenters. The second-order valence-electron chi connectivity index (χ2n) is 4.81. The molecule has 0 unspecified atom stereocenters. The number of hydrogen-bond acceptors (Lipinski definition) is 2. The zero-order chi connectivity index (χ0) is 17.7. The fourth-order valence-corrected chi connectivity index (χ4v) is 2.04. The highest BCUT2D eigenvalue weighted by atomic mass is 32.1. The molecule has 0 amide bonds. The Morgan fingerprint density at radius 3 is 2.29 bits per heavy atom. The van der Waals surface area contributed by atoms with Crippen LogP contribution in [0.1, 0.15) is 18.1 Å². The summed E-state index contributed by atoms with van der Waals surface area (Å²) < 4.78 is 51.6. The van der Waals surface area contributed by atoms with E-state index in [0.29, 0.717) is 11.3 Å². The number of anilines is 1. The Hall–Kier alpha value is -2.48. The van der Waals surface area contributed by atoms with Gasteiger partial charge in [0.2, 0.25) is 0 Å². The monoisotopic (exact) mass is 355 g/mol. The molecule has 0 fully saturated rings. The summed E-state index contributed by atoms with van der Waals surface area (Å²) in [6.45, 7) is 1.66. The molecule has 3 nitrogen and oxygen atoms in total. The first kappa shape index (κ1) is 17.9. The number of nitrogens with one attached hydrogen (secondary N) is 2. The summed E-state index contributed by atoms with van der Waals surface area (Å²) >= 11 is 4.95. The molecule has 2 N–H and O–H groups in total. The van der Waals surface area contributed by atoms with Gasteiger partial charge < -0.3 is 5.32 Å². The lowest BCUT2D eigenvalue weighted by Crippen LogP contribution is -2.26. The molecule has 126 valence electrons. The first-order chi connectivity index (χ1) is 11.3. The lowest BCUT2D eigenvalue weighted by atomic mass is 10.1. The standard InChI is InChI=1S/C16H13F4N3S/c1-10(11-6-8-12(17)9-7-11)22-23-15(24)21-14-5-3-2-4-13(14)16(18,19)20/h2-9H,1H3,(H2,21,23,24)/b22-10-. The van der Waals surface area contributed by atoms with Crippen LogP contribution in [0.2, 0.25) is 0 Å². The molecule has 8 heteroatoms. The number of alkyl halides is 3. The third-order valence-corrected chi connectivity index (χ3v) is 3.26. The Morgan fingerprint density at radius 2 is 1.67 bits per heavy atom. The molecule has 0 aliphatic rings. The Bertz CT molecular complexity index is 755. The van der Waals surface area contributed by atoms with Gasteiger partial charge in [-0.3, -0.25) is 5.43 Å². The summed E-state index contributed by atoms with van der Waals surface area (Å²) in [6.07, 6.45) is -4.49. The van der Waals surface area contributed by atoms with Gasteiger partial charge in [-0.05, 0) is 49.0 Å². The highest BCUT2D eigenvalue weighted by Gasteiger charge is 2.33. The Morgan fingerprint density at radius 1 is 1.04 bits per heavy atom. The number of hydrogen-bond donors (Lipinski definition) is 2. The normalized spacial score (nSPS) is 12.0. The van der Waals surface area contributed by atoms with Crippen molar-refractivity contribution in [3.05, 3.63) is 65.5 Å². The van der Waals surface area contributed by atoms with Crippen LogP contribution in [0, 0.1) is 5.82 Å². The predicted molar refractivity (Wildman–Crippen MR) is 89.4 cm³/mol. The number of rotatable bonds is 3. The van der Waals surface area contributed by atoms with E-state index < -0.39 is 11.7 Å². The van der Waals surface area contributed by atoms with E-state index in [4.69, 9.17) is 12.2 Å². The van der Waals surface area contributed by atoms with Gasteiger partial charge in [-0.1, -0.05) is 24.3 Å². The smallest absolute Gasteiger partial charge is 0.331 e. The molecule has 0 spiro atoms. The molecule has 0 radical (unpaired) electrons. The van der Waals surface area contributed by atoms with E-state index in [2.05, 4.69) is 15.8 Å². The topological polar surface area (TPSA) is 36.4 Å². The minimum Gasteiger partial charge on any atom is -0.331 e. The largest absolute Gasteiger partial charge is 0.418 e. The Kier molecular flexibility index (Phi) is 5.50. The minimum absolute atomic E-state index is 0.0897. The third kappa shape index (κ3) is 4.76. The van der Waals surface area contributed by atoms with Gasteiger partial charge in [0.1, 0.15) is 5.82 Å². The van der Waals surface area contributed by atoms with Gasteiger partial charge in [0.05, 0.1) is 17.0 Å². The fraction of sp³-hybridized carbons (Fsp3) is 0.125. The van der Waals surface area contributed by atoms with Crippen LogP contribution in [0.5, 0.6) is 0 Å². The predicted octanol–water partition coefficient (Wildman–Crippen LogP) is 4.56. The first-order valence-corrected chi connectivity index (χ1v) is 7.21. The van der Waals surface area contributed by atoms with Gasteiger partial charge in [-0.2, -0.15) is 18.3 Å². The summed E-state index contributed by atoms with van der Waals surface area (Å²) in [4.78, 5) is 0. The van der Waals surface area contributed by atoms with Crippen molar-refractivity contribution in [1.82, 2.24) is 5.43 Å². The summed E-state index contributed by atoms with van der Waals surface area (Å²) in [5.41, 5.74) is 2.63. The Balaban J connectivity index is 2.06. The lowest BCUT2D eigenvalue weighted by Gasteiger charge is -2.14. The van der Waals surface area contributed by atoms with Gasteiger partial charge in [-0.15, -0.1) is 0 Å². The molecule has 2 aromatic carbocycles. The molecular formula is C16H13F4N3S. The van der Waals surface area contributed by atoms with E-state index >= 15 is 0 Å². The van der Waals surface area contributed by atoms with Crippen molar-refractivity contribution < 1.29 is 17.6 Å². The third-order valence-electron chi connectivity index (χ3n) is 3.07. The maximum atomic E-state index is 12.9. The molecule has 0 saturated carbocycles. The van der Waals surface area contributed by atoms with Crippen molar-refractivity contribution in [3.8, 4) is 0 Å². The Labute approximate surface area is 141 Å². The number of benzene rings is 2. The highest BCUT2D eigenvalue weighted by molar-refractivity contribution is 7.80. The van der Waals surface area contributed by atoms with Crippen LogP contribution in [0.15, 0.2) is 53.6 Å². The molecule has 0 saturated heterocycles. The highest BCUT2D eigenvalue weighted by Crippen LogP contribution is 2.34. The van der Waals surface area contributed by atoms with Crippen molar-refractivity contribution in [2.45, 2.75) is 13.1 Å². The SMILES string of the molecule is C/C(=N/NC(=S)Nc1ccccc1C(F)(F)F)c1ccc(F)cc1. The summed E-state index contributed by atoms with van der Waals surface area (Å²) in [7, 11) is 0. The van der Waals surface area contributed by atoms with Gasteiger partial charge in [0.15, 0.2) is 5.11 Å². The average molecular weight is 355 g/mol. The maximum absolute atomic E-state index is 12.9. The van der Waals surface area contributed by atoms with Gasteiger partial charge in [0.25, 0.3) is 0 Å². The molecule has 2 aromatic rings. The molecular weight excluding hydrogens is 342 g/mol. The van der Waals surface area contributed by atoms with Crippen LogP contribution in [0.4, 0.5) is 23.2 Å². The van der Waals surface area contributed by atoms with E-state index in [1.54, 1.807) is 6.92 Å². The first-order valence-electron chi connectivity index (χ1n) is 6.81. The summed E-state index contributed by atoms with van der Waals surface area (Å²) in [5, 5.41) is 6.35. The molecule has 0 aromatic heterocycles. The average Bonchev–Trinajstić information content (AvgIpc) is 2.53. The van der Waals surface area contributed by atoms with E-state index in [-0.39, 0.29) is 16.6 Å². The maximum Gasteiger partial charge on any atom is 0.418 e. The van der Waals surface area contributed by atoms with Crippen molar-refractivity contribution in [2.75, 3.05) is 5.32 Å². The van der Waals surface area contributed by atoms with Gasteiger partial charge in [0, 0.05) is 0 Å². The molecule has 0 aliphatic carbocycles. The van der Waals surface area contributed by atoms with Crippen LogP contribution in [0.3, 0.4) is 0 Å². The second kappa shape index (κ2) is 7.39.